The van der Waals surface area contributed by atoms with Gasteiger partial charge in [0.15, 0.2) is 0 Å². The molecule has 0 spiro atoms. The van der Waals surface area contributed by atoms with Crippen LogP contribution in [0, 0.1) is 0 Å². The van der Waals surface area contributed by atoms with E-state index in [-0.39, 0.29) is 11.6 Å². The lowest BCUT2D eigenvalue weighted by Crippen LogP contribution is -2.47. The van der Waals surface area contributed by atoms with Gasteiger partial charge < -0.3 is 10.6 Å². The first-order chi connectivity index (χ1) is 6.87. The first kappa shape index (κ1) is 12.5. The van der Waals surface area contributed by atoms with Gasteiger partial charge in [-0.05, 0) is 39.6 Å². The molecule has 0 amide bonds. The van der Waals surface area contributed by atoms with Gasteiger partial charge in [0, 0.05) is 16.6 Å². The summed E-state index contributed by atoms with van der Waals surface area (Å²) in [6.07, 6.45) is 0. The van der Waals surface area contributed by atoms with Gasteiger partial charge in [-0.1, -0.05) is 29.8 Å². The second-order valence-corrected chi connectivity index (χ2v) is 4.95. The number of likely N-dealkylation sites (N-methyl/N-ethyl adjacent to an activating group) is 1. The second-order valence-electron chi connectivity index (χ2n) is 4.55. The van der Waals surface area contributed by atoms with Crippen LogP contribution in [0.25, 0.3) is 0 Å². The molecule has 3 heteroatoms. The van der Waals surface area contributed by atoms with Crippen LogP contribution < -0.4 is 5.73 Å². The van der Waals surface area contributed by atoms with Crippen LogP contribution in [0.15, 0.2) is 24.3 Å². The van der Waals surface area contributed by atoms with Crippen molar-refractivity contribution in [3.63, 3.8) is 0 Å². The SMILES string of the molecule is CN(C)C(C)(C)C(N)c1ccccc1Cl. The van der Waals surface area contributed by atoms with E-state index in [9.17, 15) is 0 Å². The predicted molar refractivity (Wildman–Crippen MR) is 66.1 cm³/mol. The van der Waals surface area contributed by atoms with Gasteiger partial charge in [-0.2, -0.15) is 0 Å². The summed E-state index contributed by atoms with van der Waals surface area (Å²) in [6, 6.07) is 7.65. The fourth-order valence-electron chi connectivity index (χ4n) is 1.39. The Labute approximate surface area is 97.0 Å². The maximum Gasteiger partial charge on any atom is 0.0491 e. The molecular formula is C12H19ClN2. The average molecular weight is 227 g/mol. The van der Waals surface area contributed by atoms with Crippen LogP contribution in [-0.4, -0.2) is 24.5 Å². The molecule has 0 fully saturated rings. The molecular weight excluding hydrogens is 208 g/mol. The zero-order valence-electron chi connectivity index (χ0n) is 9.79. The molecule has 0 saturated carbocycles. The normalized spacial score (nSPS) is 14.3. The van der Waals surface area contributed by atoms with Gasteiger partial charge in [0.25, 0.3) is 0 Å². The smallest absolute Gasteiger partial charge is 0.0491 e. The molecule has 0 heterocycles. The molecule has 1 aromatic carbocycles. The minimum atomic E-state index is -0.120. The average Bonchev–Trinajstić information content (AvgIpc) is 2.17. The van der Waals surface area contributed by atoms with Crippen LogP contribution in [-0.2, 0) is 0 Å². The lowest BCUT2D eigenvalue weighted by Gasteiger charge is -2.38. The summed E-state index contributed by atoms with van der Waals surface area (Å²) < 4.78 is 0. The van der Waals surface area contributed by atoms with E-state index < -0.39 is 0 Å². The van der Waals surface area contributed by atoms with Gasteiger partial charge >= 0.3 is 0 Å². The Bertz CT molecular complexity index is 334. The number of halogens is 1. The minimum absolute atomic E-state index is 0.0961. The minimum Gasteiger partial charge on any atom is -0.322 e. The van der Waals surface area contributed by atoms with Crippen molar-refractivity contribution in [3.8, 4) is 0 Å². The van der Waals surface area contributed by atoms with Crippen LogP contribution in [0.1, 0.15) is 25.5 Å². The third kappa shape index (κ3) is 2.51. The number of nitrogens with zero attached hydrogens (tertiary/aromatic N) is 1. The summed E-state index contributed by atoms with van der Waals surface area (Å²) in [5.74, 6) is 0. The lowest BCUT2D eigenvalue weighted by atomic mass is 9.88. The molecule has 1 unspecified atom stereocenters. The molecule has 0 saturated heterocycles. The molecule has 1 atom stereocenters. The quantitative estimate of drug-likeness (QED) is 0.859. The van der Waals surface area contributed by atoms with Crippen molar-refractivity contribution in [2.24, 2.45) is 5.73 Å². The molecule has 84 valence electrons. The van der Waals surface area contributed by atoms with Crippen LogP contribution in [0.4, 0.5) is 0 Å². The fourth-order valence-corrected chi connectivity index (χ4v) is 1.64. The van der Waals surface area contributed by atoms with Gasteiger partial charge in [-0.15, -0.1) is 0 Å². The van der Waals surface area contributed by atoms with E-state index in [1.54, 1.807) is 0 Å². The van der Waals surface area contributed by atoms with E-state index >= 15 is 0 Å². The van der Waals surface area contributed by atoms with E-state index in [0.717, 1.165) is 10.6 Å². The highest BCUT2D eigenvalue weighted by atomic mass is 35.5. The highest BCUT2D eigenvalue weighted by molar-refractivity contribution is 6.31. The molecule has 1 rings (SSSR count). The van der Waals surface area contributed by atoms with Gasteiger partial charge in [-0.3, -0.25) is 0 Å². The zero-order chi connectivity index (χ0) is 11.6. The van der Waals surface area contributed by atoms with Crippen molar-refractivity contribution < 1.29 is 0 Å². The number of nitrogens with two attached hydrogens (primary N) is 1. The number of rotatable bonds is 3. The summed E-state index contributed by atoms with van der Waals surface area (Å²) in [4.78, 5) is 2.11. The van der Waals surface area contributed by atoms with Gasteiger partial charge in [0.2, 0.25) is 0 Å². The van der Waals surface area contributed by atoms with Crippen molar-refractivity contribution in [2.75, 3.05) is 14.1 Å². The van der Waals surface area contributed by atoms with E-state index in [1.165, 1.54) is 0 Å². The van der Waals surface area contributed by atoms with Crippen LogP contribution in [0.2, 0.25) is 5.02 Å². The third-order valence-corrected chi connectivity index (χ3v) is 3.50. The second kappa shape index (κ2) is 4.52. The van der Waals surface area contributed by atoms with Crippen LogP contribution in [0.5, 0.6) is 0 Å². The van der Waals surface area contributed by atoms with E-state index in [0.29, 0.717) is 0 Å². The van der Waals surface area contributed by atoms with Crippen molar-refractivity contribution in [1.82, 2.24) is 4.90 Å². The Morgan fingerprint density at radius 1 is 1.27 bits per heavy atom. The molecule has 1 aromatic rings. The molecule has 0 aromatic heterocycles. The van der Waals surface area contributed by atoms with Gasteiger partial charge in [0.1, 0.15) is 0 Å². The Balaban J connectivity index is 3.04. The van der Waals surface area contributed by atoms with E-state index in [4.69, 9.17) is 17.3 Å². The number of hydrogen-bond donors (Lipinski definition) is 1. The van der Waals surface area contributed by atoms with Crippen LogP contribution in [0.3, 0.4) is 0 Å². The lowest BCUT2D eigenvalue weighted by molar-refractivity contribution is 0.159. The summed E-state index contributed by atoms with van der Waals surface area (Å²) >= 11 is 6.13. The molecule has 0 aliphatic rings. The largest absolute Gasteiger partial charge is 0.322 e. The summed E-state index contributed by atoms with van der Waals surface area (Å²) in [5, 5.41) is 0.736. The number of benzene rings is 1. The maximum atomic E-state index is 6.25. The highest BCUT2D eigenvalue weighted by Crippen LogP contribution is 2.31. The number of hydrogen-bond acceptors (Lipinski definition) is 2. The van der Waals surface area contributed by atoms with Crippen molar-refractivity contribution >= 4 is 11.6 Å². The monoisotopic (exact) mass is 226 g/mol. The summed E-state index contributed by atoms with van der Waals surface area (Å²) in [5.41, 5.74) is 7.13. The topological polar surface area (TPSA) is 29.3 Å². The van der Waals surface area contributed by atoms with Gasteiger partial charge in [-0.25, -0.2) is 0 Å². The maximum absolute atomic E-state index is 6.25. The molecule has 0 radical (unpaired) electrons. The Morgan fingerprint density at radius 2 is 1.80 bits per heavy atom. The summed E-state index contributed by atoms with van der Waals surface area (Å²) in [7, 11) is 4.05. The fraction of sp³-hybridized carbons (Fsp3) is 0.500. The van der Waals surface area contributed by atoms with Crippen molar-refractivity contribution in [3.05, 3.63) is 34.9 Å². The molecule has 0 aliphatic carbocycles. The molecule has 2 N–H and O–H groups in total. The third-order valence-electron chi connectivity index (χ3n) is 3.15. The molecule has 0 aliphatic heterocycles. The first-order valence-electron chi connectivity index (χ1n) is 5.05. The van der Waals surface area contributed by atoms with Crippen LogP contribution >= 0.6 is 11.6 Å². The van der Waals surface area contributed by atoms with E-state index in [2.05, 4.69) is 18.7 Å². The zero-order valence-corrected chi connectivity index (χ0v) is 10.5. The van der Waals surface area contributed by atoms with Gasteiger partial charge in [0.05, 0.1) is 0 Å². The summed E-state index contributed by atoms with van der Waals surface area (Å²) in [6.45, 7) is 4.22. The van der Waals surface area contributed by atoms with Crippen molar-refractivity contribution in [2.45, 2.75) is 25.4 Å². The standard InChI is InChI=1S/C12H19ClN2/c1-12(2,15(3)4)11(14)9-7-5-6-8-10(9)13/h5-8,11H,14H2,1-4H3. The Kier molecular flexibility index (Phi) is 3.77. The van der Waals surface area contributed by atoms with Crippen molar-refractivity contribution in [1.29, 1.82) is 0 Å². The molecule has 15 heavy (non-hydrogen) atoms. The Morgan fingerprint density at radius 3 is 2.27 bits per heavy atom. The first-order valence-corrected chi connectivity index (χ1v) is 5.42. The Hall–Kier alpha value is -0.570. The highest BCUT2D eigenvalue weighted by Gasteiger charge is 2.30. The van der Waals surface area contributed by atoms with E-state index in [1.807, 2.05) is 38.4 Å². The molecule has 2 nitrogen and oxygen atoms in total. The predicted octanol–water partition coefficient (Wildman–Crippen LogP) is 2.68. The molecule has 0 bridgehead atoms.